The summed E-state index contributed by atoms with van der Waals surface area (Å²) in [5.74, 6) is -0.489. The van der Waals surface area contributed by atoms with Crippen molar-refractivity contribution in [1.29, 1.82) is 0 Å². The molecule has 0 fully saturated rings. The Kier molecular flexibility index (Phi) is 6.84. The van der Waals surface area contributed by atoms with Gasteiger partial charge in [0.15, 0.2) is 0 Å². The van der Waals surface area contributed by atoms with Crippen molar-refractivity contribution in [3.63, 3.8) is 0 Å². The van der Waals surface area contributed by atoms with Gasteiger partial charge in [0.1, 0.15) is 5.82 Å². The quantitative estimate of drug-likeness (QED) is 0.365. The Morgan fingerprint density at radius 1 is 1.58 bits per heavy atom. The summed E-state index contributed by atoms with van der Waals surface area (Å²) in [6.07, 6.45) is 3.12. The molecule has 0 aliphatic rings. The molecular weight excluding hydrogens is 271 g/mol. The number of hydrogen-bond donors (Lipinski definition) is 2. The van der Waals surface area contributed by atoms with Gasteiger partial charge in [0.05, 0.1) is 17.8 Å². The van der Waals surface area contributed by atoms with Crippen LogP contribution in [0, 0.1) is 5.82 Å². The van der Waals surface area contributed by atoms with Crippen LogP contribution in [0.5, 0.6) is 0 Å². The second-order valence-corrected chi connectivity index (χ2v) is 4.08. The number of guanidine groups is 1. The monoisotopic (exact) mass is 286 g/mol. The smallest absolute Gasteiger partial charge is 0.237 e. The van der Waals surface area contributed by atoms with Crippen molar-refractivity contribution in [1.82, 2.24) is 5.48 Å². The van der Waals surface area contributed by atoms with Crippen LogP contribution in [0.2, 0.25) is 5.02 Å². The van der Waals surface area contributed by atoms with E-state index >= 15 is 0 Å². The summed E-state index contributed by atoms with van der Waals surface area (Å²) < 4.78 is 13.4. The van der Waals surface area contributed by atoms with Crippen LogP contribution in [0.3, 0.4) is 0 Å². The lowest BCUT2D eigenvalue weighted by molar-refractivity contribution is 0.0816. The zero-order valence-electron chi connectivity index (χ0n) is 10.6. The third-order valence-corrected chi connectivity index (χ3v) is 2.46. The van der Waals surface area contributed by atoms with E-state index in [1.165, 1.54) is 18.3 Å². The molecule has 5 nitrogen and oxygen atoms in total. The first-order valence-electron chi connectivity index (χ1n) is 5.83. The molecule has 0 saturated carbocycles. The van der Waals surface area contributed by atoms with Gasteiger partial charge in [0.25, 0.3) is 0 Å². The van der Waals surface area contributed by atoms with Crippen molar-refractivity contribution in [2.45, 2.75) is 19.8 Å². The van der Waals surface area contributed by atoms with Crippen LogP contribution in [0.15, 0.2) is 28.4 Å². The normalized spacial score (nSPS) is 12.1. The second-order valence-electron chi connectivity index (χ2n) is 3.67. The van der Waals surface area contributed by atoms with E-state index in [-0.39, 0.29) is 16.5 Å². The maximum absolute atomic E-state index is 13.4. The molecule has 0 aliphatic heterocycles. The molecule has 0 bridgehead atoms. The highest BCUT2D eigenvalue weighted by molar-refractivity contribution is 6.33. The largest absolute Gasteiger partial charge is 0.367 e. The van der Waals surface area contributed by atoms with Gasteiger partial charge < -0.3 is 5.73 Å². The molecule has 0 aromatic heterocycles. The summed E-state index contributed by atoms with van der Waals surface area (Å²) in [7, 11) is 0. The molecule has 0 aliphatic carbocycles. The van der Waals surface area contributed by atoms with Crippen LogP contribution < -0.4 is 11.2 Å². The van der Waals surface area contributed by atoms with Gasteiger partial charge in [0, 0.05) is 5.56 Å². The fourth-order valence-corrected chi connectivity index (χ4v) is 1.36. The molecule has 1 rings (SSSR count). The minimum absolute atomic E-state index is 0.0141. The van der Waals surface area contributed by atoms with E-state index in [1.807, 2.05) is 6.92 Å². The molecule has 0 atom stereocenters. The van der Waals surface area contributed by atoms with Gasteiger partial charge in [-0.2, -0.15) is 5.10 Å². The third kappa shape index (κ3) is 5.67. The Balaban J connectivity index is 2.52. The third-order valence-electron chi connectivity index (χ3n) is 2.13. The number of hydrogen-bond acceptors (Lipinski definition) is 3. The number of halogens is 2. The van der Waals surface area contributed by atoms with Crippen LogP contribution in [-0.2, 0) is 4.84 Å². The Morgan fingerprint density at radius 3 is 3.05 bits per heavy atom. The summed E-state index contributed by atoms with van der Waals surface area (Å²) in [4.78, 5) is 5.01. The maximum atomic E-state index is 13.4. The summed E-state index contributed by atoms with van der Waals surface area (Å²) in [5.41, 5.74) is 8.05. The first kappa shape index (κ1) is 15.4. The lowest BCUT2D eigenvalue weighted by atomic mass is 10.2. The van der Waals surface area contributed by atoms with Crippen LogP contribution in [0.4, 0.5) is 4.39 Å². The lowest BCUT2D eigenvalue weighted by Crippen LogP contribution is -2.31. The first-order valence-corrected chi connectivity index (χ1v) is 6.21. The number of nitrogens with two attached hydrogens (primary N) is 1. The molecule has 0 saturated heterocycles. The molecule has 19 heavy (non-hydrogen) atoms. The molecule has 104 valence electrons. The van der Waals surface area contributed by atoms with Crippen molar-refractivity contribution in [2.75, 3.05) is 6.61 Å². The van der Waals surface area contributed by atoms with Crippen LogP contribution in [-0.4, -0.2) is 18.8 Å². The number of benzene rings is 1. The average Bonchev–Trinajstić information content (AvgIpc) is 2.38. The summed E-state index contributed by atoms with van der Waals surface area (Å²) in [6.45, 7) is 2.57. The standard InChI is InChI=1S/C12H16ClFN4O/c1-2-3-7-19-18-12(15)17-16-8-9-10(13)5-4-6-11(9)14/h4-6,8H,2-3,7H2,1H3,(H3,15,17,18). The second kappa shape index (κ2) is 8.44. The first-order chi connectivity index (χ1) is 9.15. The summed E-state index contributed by atoms with van der Waals surface area (Å²) in [6, 6.07) is 4.35. The highest BCUT2D eigenvalue weighted by Crippen LogP contribution is 2.16. The minimum Gasteiger partial charge on any atom is -0.367 e. The SMILES string of the molecule is CCCCON/C(N)=N\N=Cc1c(F)cccc1Cl. The average molecular weight is 287 g/mol. The Labute approximate surface area is 116 Å². The van der Waals surface area contributed by atoms with Crippen LogP contribution in [0.1, 0.15) is 25.3 Å². The Morgan fingerprint density at radius 2 is 2.37 bits per heavy atom. The van der Waals surface area contributed by atoms with Gasteiger partial charge in [-0.3, -0.25) is 4.84 Å². The molecule has 0 radical (unpaired) electrons. The van der Waals surface area contributed by atoms with E-state index in [2.05, 4.69) is 15.7 Å². The molecular formula is C12H16ClFN4O. The molecule has 7 heteroatoms. The van der Waals surface area contributed by atoms with Crippen molar-refractivity contribution in [3.8, 4) is 0 Å². The molecule has 0 amide bonds. The number of nitrogens with one attached hydrogen (secondary N) is 1. The van der Waals surface area contributed by atoms with E-state index in [0.717, 1.165) is 12.8 Å². The van der Waals surface area contributed by atoms with Crippen LogP contribution in [0.25, 0.3) is 0 Å². The van der Waals surface area contributed by atoms with E-state index < -0.39 is 5.82 Å². The summed E-state index contributed by atoms with van der Waals surface area (Å²) in [5, 5.41) is 7.49. The molecule has 3 N–H and O–H groups in total. The van der Waals surface area contributed by atoms with Gasteiger partial charge in [-0.05, 0) is 18.6 Å². The zero-order valence-corrected chi connectivity index (χ0v) is 11.3. The highest BCUT2D eigenvalue weighted by atomic mass is 35.5. The topological polar surface area (TPSA) is 72.0 Å². The van der Waals surface area contributed by atoms with E-state index in [4.69, 9.17) is 22.2 Å². The predicted octanol–water partition coefficient (Wildman–Crippen LogP) is 2.45. The maximum Gasteiger partial charge on any atom is 0.237 e. The van der Waals surface area contributed by atoms with E-state index in [1.54, 1.807) is 6.07 Å². The fourth-order valence-electron chi connectivity index (χ4n) is 1.14. The van der Waals surface area contributed by atoms with Gasteiger partial charge in [-0.1, -0.05) is 31.0 Å². The highest BCUT2D eigenvalue weighted by Gasteiger charge is 2.03. The molecule has 0 heterocycles. The van der Waals surface area contributed by atoms with Crippen molar-refractivity contribution in [3.05, 3.63) is 34.6 Å². The van der Waals surface area contributed by atoms with Gasteiger partial charge >= 0.3 is 0 Å². The van der Waals surface area contributed by atoms with Crippen molar-refractivity contribution in [2.24, 2.45) is 15.9 Å². The minimum atomic E-state index is -0.475. The Hall–Kier alpha value is -1.66. The van der Waals surface area contributed by atoms with Gasteiger partial charge in [0.2, 0.25) is 5.96 Å². The van der Waals surface area contributed by atoms with Crippen molar-refractivity contribution < 1.29 is 9.23 Å². The van der Waals surface area contributed by atoms with Gasteiger partial charge in [-0.25, -0.2) is 9.87 Å². The summed E-state index contributed by atoms with van der Waals surface area (Å²) >= 11 is 5.81. The molecule has 0 spiro atoms. The molecule has 1 aromatic rings. The van der Waals surface area contributed by atoms with E-state index in [0.29, 0.717) is 6.61 Å². The van der Waals surface area contributed by atoms with Crippen LogP contribution >= 0.6 is 11.6 Å². The predicted molar refractivity (Wildman–Crippen MR) is 74.6 cm³/mol. The van der Waals surface area contributed by atoms with E-state index in [9.17, 15) is 4.39 Å². The number of unbranched alkanes of at least 4 members (excludes halogenated alkanes) is 1. The van der Waals surface area contributed by atoms with Gasteiger partial charge in [-0.15, -0.1) is 5.10 Å². The number of nitrogens with zero attached hydrogens (tertiary/aromatic N) is 2. The molecule has 0 unspecified atom stereocenters. The van der Waals surface area contributed by atoms with Crippen molar-refractivity contribution >= 4 is 23.8 Å². The number of hydroxylamine groups is 1. The lowest BCUT2D eigenvalue weighted by Gasteiger charge is -2.03. The number of rotatable bonds is 6. The zero-order chi connectivity index (χ0) is 14.1. The molecule has 1 aromatic carbocycles. The fraction of sp³-hybridized carbons (Fsp3) is 0.333. The Bertz CT molecular complexity index is 445.